The van der Waals surface area contributed by atoms with Gasteiger partial charge < -0.3 is 4.98 Å². The summed E-state index contributed by atoms with van der Waals surface area (Å²) in [6.45, 7) is 0. The summed E-state index contributed by atoms with van der Waals surface area (Å²) in [6, 6.07) is 15.0. The number of nitrogens with zero attached hydrogens (tertiary/aromatic N) is 2. The Hall–Kier alpha value is -2.31. The van der Waals surface area contributed by atoms with E-state index in [0.717, 1.165) is 22.4 Å². The molecule has 0 fully saturated rings. The van der Waals surface area contributed by atoms with Crippen molar-refractivity contribution >= 4 is 22.6 Å². The van der Waals surface area contributed by atoms with Gasteiger partial charge >= 0.3 is 0 Å². The van der Waals surface area contributed by atoms with E-state index in [1.54, 1.807) is 12.1 Å². The number of para-hydroxylation sites is 1. The van der Waals surface area contributed by atoms with Crippen molar-refractivity contribution in [3.8, 4) is 17.5 Å². The van der Waals surface area contributed by atoms with Crippen molar-refractivity contribution in [2.45, 2.75) is 0 Å². The van der Waals surface area contributed by atoms with E-state index in [-0.39, 0.29) is 0 Å². The van der Waals surface area contributed by atoms with Crippen molar-refractivity contribution in [3.05, 3.63) is 53.1 Å². The minimum absolute atomic E-state index is 0.628. The van der Waals surface area contributed by atoms with Gasteiger partial charge in [-0.3, -0.25) is 0 Å². The molecular weight excluding hydrogens is 246 g/mol. The number of nitrogens with one attached hydrogen (secondary N) is 1. The monoisotopic (exact) mass is 253 g/mol. The lowest BCUT2D eigenvalue weighted by Crippen LogP contribution is -1.80. The van der Waals surface area contributed by atoms with Crippen LogP contribution < -0.4 is 0 Å². The number of aromatic nitrogens is 2. The van der Waals surface area contributed by atoms with Crippen LogP contribution in [0.5, 0.6) is 0 Å². The van der Waals surface area contributed by atoms with E-state index in [4.69, 9.17) is 16.9 Å². The Kier molecular flexibility index (Phi) is 2.51. The first-order valence-electron chi connectivity index (χ1n) is 5.43. The summed E-state index contributed by atoms with van der Waals surface area (Å²) < 4.78 is 0. The lowest BCUT2D eigenvalue weighted by molar-refractivity contribution is 1.33. The maximum Gasteiger partial charge on any atom is 0.138 e. The number of nitriles is 1. The topological polar surface area (TPSA) is 52.5 Å². The Labute approximate surface area is 109 Å². The molecule has 0 aliphatic heterocycles. The molecule has 0 atom stereocenters. The van der Waals surface area contributed by atoms with Crippen molar-refractivity contribution in [1.82, 2.24) is 9.97 Å². The van der Waals surface area contributed by atoms with Crippen LogP contribution in [0.3, 0.4) is 0 Å². The third-order valence-electron chi connectivity index (χ3n) is 2.75. The maximum absolute atomic E-state index is 8.76. The zero-order valence-corrected chi connectivity index (χ0v) is 10.1. The number of imidazole rings is 1. The van der Waals surface area contributed by atoms with E-state index >= 15 is 0 Å². The highest BCUT2D eigenvalue weighted by molar-refractivity contribution is 6.34. The van der Waals surface area contributed by atoms with Crippen LogP contribution >= 0.6 is 11.6 Å². The van der Waals surface area contributed by atoms with E-state index in [0.29, 0.717) is 10.6 Å². The van der Waals surface area contributed by atoms with Crippen LogP contribution in [-0.4, -0.2) is 9.97 Å². The molecule has 18 heavy (non-hydrogen) atoms. The van der Waals surface area contributed by atoms with Gasteiger partial charge in [0.15, 0.2) is 0 Å². The van der Waals surface area contributed by atoms with Crippen molar-refractivity contribution in [3.63, 3.8) is 0 Å². The lowest BCUT2D eigenvalue weighted by atomic mass is 10.1. The SMILES string of the molecule is N#Cc1ccc(-c2nc3c(Cl)cccc3[nH]2)cc1. The van der Waals surface area contributed by atoms with E-state index in [1.807, 2.05) is 30.3 Å². The Morgan fingerprint density at radius 1 is 1.11 bits per heavy atom. The molecule has 0 bridgehead atoms. The number of benzene rings is 2. The summed E-state index contributed by atoms with van der Waals surface area (Å²) in [6.07, 6.45) is 0. The number of hydrogen-bond acceptors (Lipinski definition) is 2. The van der Waals surface area contributed by atoms with Gasteiger partial charge in [0.05, 0.1) is 22.2 Å². The van der Waals surface area contributed by atoms with Crippen molar-refractivity contribution in [2.24, 2.45) is 0 Å². The zero-order valence-electron chi connectivity index (χ0n) is 9.31. The van der Waals surface area contributed by atoms with E-state index in [1.165, 1.54) is 0 Å². The molecule has 0 spiro atoms. The van der Waals surface area contributed by atoms with Gasteiger partial charge in [0.25, 0.3) is 0 Å². The molecule has 0 aliphatic rings. The smallest absolute Gasteiger partial charge is 0.138 e. The molecule has 0 aliphatic carbocycles. The summed E-state index contributed by atoms with van der Waals surface area (Å²) in [7, 11) is 0. The average molecular weight is 254 g/mol. The van der Waals surface area contributed by atoms with Crippen molar-refractivity contribution in [2.75, 3.05) is 0 Å². The first-order valence-corrected chi connectivity index (χ1v) is 5.80. The molecule has 3 aromatic rings. The molecule has 86 valence electrons. The minimum atomic E-state index is 0.628. The molecule has 0 saturated heterocycles. The van der Waals surface area contributed by atoms with Crippen LogP contribution in [-0.2, 0) is 0 Å². The maximum atomic E-state index is 8.76. The number of H-pyrrole nitrogens is 1. The predicted molar refractivity (Wildman–Crippen MR) is 71.3 cm³/mol. The standard InChI is InChI=1S/C14H8ClN3/c15-11-2-1-3-12-13(11)18-14(17-12)10-6-4-9(8-16)5-7-10/h1-7H,(H,17,18). The normalized spacial score (nSPS) is 10.4. The number of fused-ring (bicyclic) bond motifs is 1. The summed E-state index contributed by atoms with van der Waals surface area (Å²) in [4.78, 5) is 7.68. The highest BCUT2D eigenvalue weighted by Gasteiger charge is 2.07. The molecule has 1 aromatic heterocycles. The van der Waals surface area contributed by atoms with Gasteiger partial charge in [0.1, 0.15) is 11.3 Å². The molecular formula is C14H8ClN3. The van der Waals surface area contributed by atoms with E-state index in [9.17, 15) is 0 Å². The Bertz CT molecular complexity index is 751. The molecule has 0 radical (unpaired) electrons. The van der Waals surface area contributed by atoms with Crippen LogP contribution in [0, 0.1) is 11.3 Å². The molecule has 3 rings (SSSR count). The van der Waals surface area contributed by atoms with Crippen LogP contribution in [0.1, 0.15) is 5.56 Å². The molecule has 2 aromatic carbocycles. The predicted octanol–water partition coefficient (Wildman–Crippen LogP) is 3.75. The molecule has 0 unspecified atom stereocenters. The molecule has 4 heteroatoms. The molecule has 0 saturated carbocycles. The number of halogens is 1. The summed E-state index contributed by atoms with van der Waals surface area (Å²) in [5, 5.41) is 9.39. The number of hydrogen-bond donors (Lipinski definition) is 1. The summed E-state index contributed by atoms with van der Waals surface area (Å²) in [5.41, 5.74) is 3.23. The first-order chi connectivity index (χ1) is 8.78. The van der Waals surface area contributed by atoms with Crippen molar-refractivity contribution < 1.29 is 0 Å². The van der Waals surface area contributed by atoms with Crippen LogP contribution in [0.25, 0.3) is 22.4 Å². The molecule has 3 nitrogen and oxygen atoms in total. The quantitative estimate of drug-likeness (QED) is 0.718. The van der Waals surface area contributed by atoms with Gasteiger partial charge in [-0.25, -0.2) is 4.98 Å². The Morgan fingerprint density at radius 3 is 2.56 bits per heavy atom. The van der Waals surface area contributed by atoms with Crippen LogP contribution in [0.15, 0.2) is 42.5 Å². The van der Waals surface area contributed by atoms with Gasteiger partial charge in [0.2, 0.25) is 0 Å². The molecule has 1 N–H and O–H groups in total. The second-order valence-corrected chi connectivity index (χ2v) is 4.32. The van der Waals surface area contributed by atoms with Crippen LogP contribution in [0.2, 0.25) is 5.02 Å². The summed E-state index contributed by atoms with van der Waals surface area (Å²) in [5.74, 6) is 0.752. The van der Waals surface area contributed by atoms with Gasteiger partial charge in [0, 0.05) is 5.56 Å². The highest BCUT2D eigenvalue weighted by Crippen LogP contribution is 2.25. The number of aromatic amines is 1. The fourth-order valence-corrected chi connectivity index (χ4v) is 2.05. The third kappa shape index (κ3) is 1.73. The zero-order chi connectivity index (χ0) is 12.5. The number of rotatable bonds is 1. The molecule has 1 heterocycles. The van der Waals surface area contributed by atoms with Gasteiger partial charge in [-0.2, -0.15) is 5.26 Å². The largest absolute Gasteiger partial charge is 0.338 e. The minimum Gasteiger partial charge on any atom is -0.338 e. The van der Waals surface area contributed by atoms with E-state index < -0.39 is 0 Å². The second-order valence-electron chi connectivity index (χ2n) is 3.91. The summed E-state index contributed by atoms with van der Waals surface area (Å²) >= 11 is 6.08. The van der Waals surface area contributed by atoms with Crippen LogP contribution in [0.4, 0.5) is 0 Å². The Morgan fingerprint density at radius 2 is 1.89 bits per heavy atom. The van der Waals surface area contributed by atoms with Gasteiger partial charge in [-0.05, 0) is 36.4 Å². The third-order valence-corrected chi connectivity index (χ3v) is 3.06. The fourth-order valence-electron chi connectivity index (χ4n) is 1.84. The Balaban J connectivity index is 2.14. The van der Waals surface area contributed by atoms with Crippen molar-refractivity contribution in [1.29, 1.82) is 5.26 Å². The van der Waals surface area contributed by atoms with Gasteiger partial charge in [-0.1, -0.05) is 17.7 Å². The average Bonchev–Trinajstić information content (AvgIpc) is 2.84. The van der Waals surface area contributed by atoms with Gasteiger partial charge in [-0.15, -0.1) is 0 Å². The first kappa shape index (κ1) is 10.8. The highest BCUT2D eigenvalue weighted by atomic mass is 35.5. The van der Waals surface area contributed by atoms with E-state index in [2.05, 4.69) is 16.0 Å². The molecule has 0 amide bonds. The second kappa shape index (κ2) is 4.17. The fraction of sp³-hybridized carbons (Fsp3) is 0. The lowest BCUT2D eigenvalue weighted by Gasteiger charge is -1.95.